The zero-order valence-corrected chi connectivity index (χ0v) is 21.0. The minimum Gasteiger partial charge on any atom is -0.355 e. The first-order valence-corrected chi connectivity index (χ1v) is 12.0. The van der Waals surface area contributed by atoms with Crippen molar-refractivity contribution in [2.45, 2.75) is 32.0 Å². The highest BCUT2D eigenvalue weighted by molar-refractivity contribution is 5.92. The maximum atomic E-state index is 13.7. The van der Waals surface area contributed by atoms with Gasteiger partial charge in [-0.05, 0) is 30.5 Å². The van der Waals surface area contributed by atoms with Gasteiger partial charge in [0.1, 0.15) is 35.0 Å². The molecule has 1 aliphatic rings. The molecule has 37 heavy (non-hydrogen) atoms. The summed E-state index contributed by atoms with van der Waals surface area (Å²) in [5.74, 6) is 0.316. The number of benzene rings is 2. The Balaban J connectivity index is 0.00000320. The number of para-hydroxylation sites is 1. The molecule has 0 spiro atoms. The molecule has 0 unspecified atom stereocenters. The van der Waals surface area contributed by atoms with E-state index >= 15 is 0 Å². The number of carbonyl (C=O) groups is 1. The molecule has 3 heterocycles. The first-order valence-electron chi connectivity index (χ1n) is 12.0. The average molecular weight is 518 g/mol. The van der Waals surface area contributed by atoms with E-state index in [1.54, 1.807) is 12.1 Å². The van der Waals surface area contributed by atoms with Crippen LogP contribution >= 0.6 is 12.4 Å². The number of nitrogens with zero attached hydrogens (tertiary/aromatic N) is 5. The van der Waals surface area contributed by atoms with Gasteiger partial charge >= 0.3 is 0 Å². The lowest BCUT2D eigenvalue weighted by Gasteiger charge is -2.33. The second-order valence-electron chi connectivity index (χ2n) is 9.02. The number of aromatic nitrogens is 3. The number of piperidine rings is 1. The largest absolute Gasteiger partial charge is 0.355 e. The summed E-state index contributed by atoms with van der Waals surface area (Å²) in [6, 6.07) is 21.1. The Labute approximate surface area is 220 Å². The minimum absolute atomic E-state index is 0. The van der Waals surface area contributed by atoms with E-state index in [9.17, 15) is 14.9 Å². The number of halogens is 1. The first-order chi connectivity index (χ1) is 17.5. The SMILES string of the molecule is Cl.N#Cc1c(N2CCC[C@H](N)C2)n(Cc2ccccc2)c2c(=O)n(CC(=O)Nc3ccccc3)cnc12. The fraction of sp³-hybridized carbons (Fsp3) is 0.259. The number of hydrogen-bond donors (Lipinski definition) is 2. The molecule has 1 atom stereocenters. The standard InChI is InChI=1S/C27H27N7O2.ClH/c28-14-22-24-25(27(36)33(18-30-24)17-23(35)31-21-11-5-2-6-12-21)34(15-19-8-3-1-4-9-19)26(22)32-13-7-10-20(29)16-32;/h1-6,8-9,11-12,18,20H,7,10,13,15-17,29H2,(H,31,35);1H/t20-;/m0./s1. The smallest absolute Gasteiger partial charge is 0.278 e. The number of nitriles is 1. The third-order valence-electron chi connectivity index (χ3n) is 6.42. The highest BCUT2D eigenvalue weighted by atomic mass is 35.5. The van der Waals surface area contributed by atoms with Gasteiger partial charge in [0.25, 0.3) is 5.56 Å². The van der Waals surface area contributed by atoms with Gasteiger partial charge < -0.3 is 20.5 Å². The molecule has 0 bridgehead atoms. The van der Waals surface area contributed by atoms with Crippen molar-refractivity contribution in [1.29, 1.82) is 5.26 Å². The molecule has 5 rings (SSSR count). The second-order valence-corrected chi connectivity index (χ2v) is 9.02. The van der Waals surface area contributed by atoms with Gasteiger partial charge in [0.2, 0.25) is 5.91 Å². The summed E-state index contributed by atoms with van der Waals surface area (Å²) < 4.78 is 3.15. The first kappa shape index (κ1) is 25.9. The molecule has 2 aromatic carbocycles. The van der Waals surface area contributed by atoms with Crippen molar-refractivity contribution < 1.29 is 4.79 Å². The molecule has 190 valence electrons. The van der Waals surface area contributed by atoms with Crippen LogP contribution in [-0.2, 0) is 17.9 Å². The van der Waals surface area contributed by atoms with Crippen LogP contribution in [0.3, 0.4) is 0 Å². The van der Waals surface area contributed by atoms with Gasteiger partial charge in [0, 0.05) is 31.4 Å². The van der Waals surface area contributed by atoms with Crippen LogP contribution in [0.25, 0.3) is 11.0 Å². The number of hydrogen-bond acceptors (Lipinski definition) is 6. The van der Waals surface area contributed by atoms with Crippen molar-refractivity contribution in [1.82, 2.24) is 14.1 Å². The molecular formula is C27H28ClN7O2. The Kier molecular flexibility index (Phi) is 7.92. The molecule has 1 fully saturated rings. The predicted octanol–water partition coefficient (Wildman–Crippen LogP) is 3.11. The Morgan fingerprint density at radius 1 is 1.14 bits per heavy atom. The van der Waals surface area contributed by atoms with E-state index in [4.69, 9.17) is 5.73 Å². The van der Waals surface area contributed by atoms with Crippen LogP contribution in [0.15, 0.2) is 71.8 Å². The fourth-order valence-electron chi connectivity index (χ4n) is 4.79. The molecule has 0 radical (unpaired) electrons. The second kappa shape index (κ2) is 11.3. The molecule has 10 heteroatoms. The maximum absolute atomic E-state index is 13.7. The molecule has 9 nitrogen and oxygen atoms in total. The third kappa shape index (κ3) is 5.35. The van der Waals surface area contributed by atoms with Gasteiger partial charge in [-0.2, -0.15) is 5.26 Å². The molecule has 1 amide bonds. The summed E-state index contributed by atoms with van der Waals surface area (Å²) in [5.41, 5.74) is 8.52. The summed E-state index contributed by atoms with van der Waals surface area (Å²) in [4.78, 5) is 33.0. The molecular weight excluding hydrogens is 490 g/mol. The lowest BCUT2D eigenvalue weighted by atomic mass is 10.1. The summed E-state index contributed by atoms with van der Waals surface area (Å²) in [6.07, 6.45) is 3.16. The highest BCUT2D eigenvalue weighted by Crippen LogP contribution is 2.32. The molecule has 4 aromatic rings. The van der Waals surface area contributed by atoms with Crippen LogP contribution in [-0.4, -0.2) is 39.2 Å². The normalized spacial score (nSPS) is 15.1. The summed E-state index contributed by atoms with van der Waals surface area (Å²) in [5, 5.41) is 12.9. The Morgan fingerprint density at radius 2 is 1.84 bits per heavy atom. The van der Waals surface area contributed by atoms with Crippen LogP contribution in [0.2, 0.25) is 0 Å². The van der Waals surface area contributed by atoms with Crippen molar-refractivity contribution in [2.75, 3.05) is 23.3 Å². The van der Waals surface area contributed by atoms with E-state index in [0.29, 0.717) is 41.2 Å². The Hall–Kier alpha value is -4.13. The summed E-state index contributed by atoms with van der Waals surface area (Å²) in [6.45, 7) is 1.52. The van der Waals surface area contributed by atoms with Crippen LogP contribution in [0.4, 0.5) is 11.5 Å². The van der Waals surface area contributed by atoms with E-state index < -0.39 is 0 Å². The lowest BCUT2D eigenvalue weighted by molar-refractivity contribution is -0.116. The number of amides is 1. The fourth-order valence-corrected chi connectivity index (χ4v) is 4.79. The van der Waals surface area contributed by atoms with Crippen LogP contribution in [0.5, 0.6) is 0 Å². The van der Waals surface area contributed by atoms with Gasteiger partial charge in [-0.15, -0.1) is 12.4 Å². The van der Waals surface area contributed by atoms with Gasteiger partial charge in [-0.3, -0.25) is 14.2 Å². The van der Waals surface area contributed by atoms with Crippen molar-refractivity contribution in [3.8, 4) is 6.07 Å². The van der Waals surface area contributed by atoms with Crippen molar-refractivity contribution in [3.63, 3.8) is 0 Å². The van der Waals surface area contributed by atoms with Gasteiger partial charge in [0.15, 0.2) is 0 Å². The van der Waals surface area contributed by atoms with Gasteiger partial charge in [-0.25, -0.2) is 4.98 Å². The zero-order chi connectivity index (χ0) is 25.1. The topological polar surface area (TPSA) is 122 Å². The van der Waals surface area contributed by atoms with Crippen molar-refractivity contribution in [2.24, 2.45) is 5.73 Å². The monoisotopic (exact) mass is 517 g/mol. The molecule has 0 aliphatic carbocycles. The van der Waals surface area contributed by atoms with E-state index in [0.717, 1.165) is 24.9 Å². The van der Waals surface area contributed by atoms with Crippen molar-refractivity contribution >= 4 is 40.9 Å². The van der Waals surface area contributed by atoms with E-state index in [-0.39, 0.29) is 36.5 Å². The number of carbonyl (C=O) groups excluding carboxylic acids is 1. The molecule has 1 aliphatic heterocycles. The minimum atomic E-state index is -0.372. The maximum Gasteiger partial charge on any atom is 0.278 e. The Bertz CT molecular complexity index is 1490. The summed E-state index contributed by atoms with van der Waals surface area (Å²) in [7, 11) is 0. The molecule has 0 saturated carbocycles. The third-order valence-corrected chi connectivity index (χ3v) is 6.42. The van der Waals surface area contributed by atoms with Gasteiger partial charge in [-0.1, -0.05) is 48.5 Å². The molecule has 2 aromatic heterocycles. The predicted molar refractivity (Wildman–Crippen MR) is 146 cm³/mol. The van der Waals surface area contributed by atoms with Gasteiger partial charge in [0.05, 0.1) is 6.33 Å². The Morgan fingerprint density at radius 3 is 2.51 bits per heavy atom. The number of rotatable bonds is 6. The number of nitrogens with one attached hydrogen (secondary N) is 1. The van der Waals surface area contributed by atoms with E-state index in [1.165, 1.54) is 10.9 Å². The lowest BCUT2D eigenvalue weighted by Crippen LogP contribution is -2.44. The number of fused-ring (bicyclic) bond motifs is 1. The molecule has 1 saturated heterocycles. The quantitative estimate of drug-likeness (QED) is 0.405. The van der Waals surface area contributed by atoms with Crippen LogP contribution in [0, 0.1) is 11.3 Å². The van der Waals surface area contributed by atoms with E-state index in [1.807, 2.05) is 53.1 Å². The van der Waals surface area contributed by atoms with Crippen LogP contribution < -0.4 is 21.5 Å². The zero-order valence-electron chi connectivity index (χ0n) is 20.2. The molecule has 3 N–H and O–H groups in total. The van der Waals surface area contributed by atoms with E-state index in [2.05, 4.69) is 21.3 Å². The van der Waals surface area contributed by atoms with Crippen LogP contribution in [0.1, 0.15) is 24.0 Å². The highest BCUT2D eigenvalue weighted by Gasteiger charge is 2.28. The number of nitrogens with two attached hydrogens (primary N) is 1. The number of anilines is 2. The summed E-state index contributed by atoms with van der Waals surface area (Å²) >= 11 is 0. The average Bonchev–Trinajstić information content (AvgIpc) is 3.20. The van der Waals surface area contributed by atoms with Crippen molar-refractivity contribution in [3.05, 3.63) is 88.5 Å².